The molecule has 4 rings (SSSR count). The molecule has 1 aliphatic carbocycles. The first kappa shape index (κ1) is 19.1. The summed E-state index contributed by atoms with van der Waals surface area (Å²) in [6.07, 6.45) is 7.98. The molecule has 1 nitrogen and oxygen atoms in total. The summed E-state index contributed by atoms with van der Waals surface area (Å²) in [6.45, 7) is 1.61. The van der Waals surface area contributed by atoms with E-state index in [0.29, 0.717) is 5.92 Å². The second-order valence-electron chi connectivity index (χ2n) is 7.71. The molecule has 0 saturated carbocycles. The van der Waals surface area contributed by atoms with Gasteiger partial charge in [0.25, 0.3) is 0 Å². The molecule has 29 heavy (non-hydrogen) atoms. The molecule has 1 atom stereocenters. The maximum Gasteiger partial charge on any atom is 0.159 e. The molecule has 0 heterocycles. The predicted molar refractivity (Wildman–Crippen MR) is 122 cm³/mol. The van der Waals surface area contributed by atoms with E-state index in [1.165, 1.54) is 27.8 Å². The summed E-state index contributed by atoms with van der Waals surface area (Å²) in [5.74, 6) is 0.700. The second-order valence-corrected chi connectivity index (χ2v) is 7.71. The van der Waals surface area contributed by atoms with Gasteiger partial charge < -0.3 is 0 Å². The van der Waals surface area contributed by atoms with Crippen LogP contribution in [0.4, 0.5) is 0 Å². The van der Waals surface area contributed by atoms with Gasteiger partial charge in [-0.1, -0.05) is 91.0 Å². The van der Waals surface area contributed by atoms with E-state index in [0.717, 1.165) is 24.8 Å². The molecule has 3 aromatic carbocycles. The van der Waals surface area contributed by atoms with Gasteiger partial charge in [-0.25, -0.2) is 0 Å². The third-order valence-electron chi connectivity index (χ3n) is 5.74. The molecule has 1 heteroatoms. The molecule has 1 unspecified atom stereocenters. The lowest BCUT2D eigenvalue weighted by molar-refractivity contribution is 0.101. The first-order valence-corrected chi connectivity index (χ1v) is 10.3. The average molecular weight is 379 g/mol. The van der Waals surface area contributed by atoms with Crippen LogP contribution in [0.1, 0.15) is 59.2 Å². The molecule has 0 aromatic heterocycles. The highest BCUT2D eigenvalue weighted by Crippen LogP contribution is 2.38. The van der Waals surface area contributed by atoms with Crippen LogP contribution in [0, 0.1) is 0 Å². The van der Waals surface area contributed by atoms with Crippen LogP contribution in [0.2, 0.25) is 0 Å². The van der Waals surface area contributed by atoms with Crippen molar-refractivity contribution in [1.82, 2.24) is 0 Å². The number of Topliss-reactive ketones (excluding diaryl/α,β-unsaturated/α-hetero) is 1. The molecular weight excluding hydrogens is 352 g/mol. The van der Waals surface area contributed by atoms with E-state index in [9.17, 15) is 4.79 Å². The van der Waals surface area contributed by atoms with Crippen LogP contribution in [-0.4, -0.2) is 5.78 Å². The van der Waals surface area contributed by atoms with Gasteiger partial charge in [-0.05, 0) is 66.0 Å². The van der Waals surface area contributed by atoms with Crippen LogP contribution < -0.4 is 0 Å². The highest BCUT2D eigenvalue weighted by molar-refractivity contribution is 5.96. The average Bonchev–Trinajstić information content (AvgIpc) is 2.79. The SMILES string of the molecule is CC(=O)c1ccc(/C(=C\c2ccccc2)C2=CCC(c3ccccc3)CC2)cc1. The van der Waals surface area contributed by atoms with Crippen LogP contribution >= 0.6 is 0 Å². The molecule has 0 amide bonds. The summed E-state index contributed by atoms with van der Waals surface area (Å²) >= 11 is 0. The highest BCUT2D eigenvalue weighted by atomic mass is 16.1. The van der Waals surface area contributed by atoms with E-state index in [2.05, 4.69) is 78.9 Å². The lowest BCUT2D eigenvalue weighted by Gasteiger charge is -2.24. The number of ketones is 1. The highest BCUT2D eigenvalue weighted by Gasteiger charge is 2.19. The van der Waals surface area contributed by atoms with Crippen molar-refractivity contribution in [3.8, 4) is 0 Å². The van der Waals surface area contributed by atoms with Crippen molar-refractivity contribution in [1.29, 1.82) is 0 Å². The van der Waals surface area contributed by atoms with Crippen LogP contribution in [0.3, 0.4) is 0 Å². The molecule has 0 aliphatic heterocycles. The van der Waals surface area contributed by atoms with Crippen molar-refractivity contribution in [2.75, 3.05) is 0 Å². The standard InChI is InChI=1S/C28H26O/c1-21(29)23-12-16-26(17-13-23)28(20-22-8-4-2-5-9-22)27-18-14-25(15-19-27)24-10-6-3-7-11-24/h2-13,16-18,20,25H,14-15,19H2,1H3/b28-20+. The Kier molecular flexibility index (Phi) is 5.86. The van der Waals surface area contributed by atoms with Crippen molar-refractivity contribution in [2.45, 2.75) is 32.1 Å². The Morgan fingerprint density at radius 1 is 0.828 bits per heavy atom. The maximum atomic E-state index is 11.7. The quantitative estimate of drug-likeness (QED) is 0.336. The fourth-order valence-electron chi connectivity index (χ4n) is 4.07. The molecule has 0 fully saturated rings. The monoisotopic (exact) mass is 378 g/mol. The topological polar surface area (TPSA) is 17.1 Å². The van der Waals surface area contributed by atoms with Crippen molar-refractivity contribution >= 4 is 17.4 Å². The Balaban J connectivity index is 1.67. The molecule has 0 saturated heterocycles. The second kappa shape index (κ2) is 8.87. The normalized spacial score (nSPS) is 16.9. The third kappa shape index (κ3) is 4.63. The zero-order valence-electron chi connectivity index (χ0n) is 16.8. The predicted octanol–water partition coefficient (Wildman–Crippen LogP) is 7.32. The molecule has 144 valence electrons. The van der Waals surface area contributed by atoms with Gasteiger partial charge in [-0.2, -0.15) is 0 Å². The van der Waals surface area contributed by atoms with Gasteiger partial charge in [0.1, 0.15) is 0 Å². The number of hydrogen-bond donors (Lipinski definition) is 0. The van der Waals surface area contributed by atoms with Gasteiger partial charge in [0.05, 0.1) is 0 Å². The molecule has 0 radical (unpaired) electrons. The summed E-state index contributed by atoms with van der Waals surface area (Å²) in [4.78, 5) is 11.7. The Bertz CT molecular complexity index is 1020. The zero-order chi connectivity index (χ0) is 20.1. The van der Waals surface area contributed by atoms with Gasteiger partial charge in [-0.3, -0.25) is 4.79 Å². The lowest BCUT2D eigenvalue weighted by atomic mass is 9.80. The van der Waals surface area contributed by atoms with Crippen LogP contribution in [0.5, 0.6) is 0 Å². The fourth-order valence-corrected chi connectivity index (χ4v) is 4.07. The number of carbonyl (C=O) groups excluding carboxylic acids is 1. The minimum Gasteiger partial charge on any atom is -0.295 e. The summed E-state index contributed by atoms with van der Waals surface area (Å²) in [7, 11) is 0. The number of hydrogen-bond acceptors (Lipinski definition) is 1. The van der Waals surface area contributed by atoms with Crippen molar-refractivity contribution in [3.05, 3.63) is 119 Å². The Morgan fingerprint density at radius 3 is 2.03 bits per heavy atom. The van der Waals surface area contributed by atoms with Crippen molar-refractivity contribution in [2.24, 2.45) is 0 Å². The van der Waals surface area contributed by atoms with Crippen LogP contribution in [0.15, 0.2) is 96.6 Å². The first-order chi connectivity index (χ1) is 14.2. The molecule has 3 aromatic rings. The third-order valence-corrected chi connectivity index (χ3v) is 5.74. The van der Waals surface area contributed by atoms with Gasteiger partial charge in [0.2, 0.25) is 0 Å². The van der Waals surface area contributed by atoms with E-state index in [1.54, 1.807) is 6.92 Å². The van der Waals surface area contributed by atoms with Gasteiger partial charge >= 0.3 is 0 Å². The Labute approximate surface area is 173 Å². The number of benzene rings is 3. The lowest BCUT2D eigenvalue weighted by Crippen LogP contribution is -2.05. The summed E-state index contributed by atoms with van der Waals surface area (Å²) in [6, 6.07) is 29.3. The summed E-state index contributed by atoms with van der Waals surface area (Å²) in [5, 5.41) is 0. The van der Waals surface area contributed by atoms with E-state index in [-0.39, 0.29) is 5.78 Å². The van der Waals surface area contributed by atoms with Gasteiger partial charge in [0.15, 0.2) is 5.78 Å². The Morgan fingerprint density at radius 2 is 1.45 bits per heavy atom. The fraction of sp³-hybridized carbons (Fsp3) is 0.179. The van der Waals surface area contributed by atoms with E-state index in [4.69, 9.17) is 0 Å². The molecule has 0 N–H and O–H groups in total. The molecule has 0 bridgehead atoms. The summed E-state index contributed by atoms with van der Waals surface area (Å²) < 4.78 is 0. The summed E-state index contributed by atoms with van der Waals surface area (Å²) in [5.41, 5.74) is 7.22. The van der Waals surface area contributed by atoms with E-state index in [1.807, 2.05) is 18.2 Å². The van der Waals surface area contributed by atoms with Gasteiger partial charge in [0, 0.05) is 5.56 Å². The molecule has 0 spiro atoms. The minimum absolute atomic E-state index is 0.104. The van der Waals surface area contributed by atoms with Crippen LogP contribution in [-0.2, 0) is 0 Å². The van der Waals surface area contributed by atoms with E-state index < -0.39 is 0 Å². The van der Waals surface area contributed by atoms with Crippen molar-refractivity contribution < 1.29 is 4.79 Å². The molecule has 1 aliphatic rings. The van der Waals surface area contributed by atoms with Crippen molar-refractivity contribution in [3.63, 3.8) is 0 Å². The maximum absolute atomic E-state index is 11.7. The largest absolute Gasteiger partial charge is 0.295 e. The number of rotatable bonds is 5. The van der Waals surface area contributed by atoms with Gasteiger partial charge in [-0.15, -0.1) is 0 Å². The van der Waals surface area contributed by atoms with Crippen LogP contribution in [0.25, 0.3) is 11.6 Å². The number of carbonyl (C=O) groups is 1. The smallest absolute Gasteiger partial charge is 0.159 e. The van der Waals surface area contributed by atoms with E-state index >= 15 is 0 Å². The zero-order valence-corrected chi connectivity index (χ0v) is 16.8. The minimum atomic E-state index is 0.104. The first-order valence-electron chi connectivity index (χ1n) is 10.3. The Hall–Kier alpha value is -3.19. The molecular formula is C28H26O. The number of allylic oxidation sites excluding steroid dienone is 3.